The Balaban J connectivity index is 1.71. The number of hydrogen-bond acceptors (Lipinski definition) is 2. The van der Waals surface area contributed by atoms with Crippen LogP contribution in [0.15, 0.2) is 18.2 Å². The van der Waals surface area contributed by atoms with Crippen LogP contribution in [-0.2, 0) is 12.8 Å². The molecular formula is C13H17NO. The summed E-state index contributed by atoms with van der Waals surface area (Å²) in [5.41, 5.74) is 2.56. The van der Waals surface area contributed by atoms with Crippen molar-refractivity contribution in [2.45, 2.75) is 19.3 Å². The van der Waals surface area contributed by atoms with Gasteiger partial charge in [-0.2, -0.15) is 0 Å². The molecule has 15 heavy (non-hydrogen) atoms. The van der Waals surface area contributed by atoms with E-state index < -0.39 is 0 Å². The van der Waals surface area contributed by atoms with E-state index in [-0.39, 0.29) is 0 Å². The first kappa shape index (κ1) is 9.22. The van der Waals surface area contributed by atoms with Crippen molar-refractivity contribution in [3.63, 3.8) is 0 Å². The van der Waals surface area contributed by atoms with Gasteiger partial charge in [0.25, 0.3) is 0 Å². The third-order valence-electron chi connectivity index (χ3n) is 3.71. The van der Waals surface area contributed by atoms with Crippen LogP contribution in [0.4, 0.5) is 0 Å². The van der Waals surface area contributed by atoms with Crippen LogP contribution in [0.3, 0.4) is 0 Å². The van der Waals surface area contributed by atoms with Gasteiger partial charge < -0.3 is 10.0 Å². The van der Waals surface area contributed by atoms with Crippen LogP contribution in [0.25, 0.3) is 0 Å². The molecule has 1 aromatic carbocycles. The molecule has 3 rings (SSSR count). The number of phenolic OH excluding ortho intramolecular Hbond substituents is 1. The number of benzene rings is 1. The summed E-state index contributed by atoms with van der Waals surface area (Å²) in [5.74, 6) is 1.23. The molecule has 0 spiro atoms. The average Bonchev–Trinajstić information content (AvgIpc) is 2.56. The van der Waals surface area contributed by atoms with E-state index in [1.165, 1.54) is 37.2 Å². The Morgan fingerprint density at radius 2 is 2.13 bits per heavy atom. The molecule has 1 N–H and O–H groups in total. The van der Waals surface area contributed by atoms with Crippen molar-refractivity contribution in [1.82, 2.24) is 4.90 Å². The molecule has 1 atom stereocenters. The molecule has 1 fully saturated rings. The lowest BCUT2D eigenvalue weighted by Gasteiger charge is -2.32. The van der Waals surface area contributed by atoms with E-state index in [1.54, 1.807) is 0 Å². The first-order valence-electron chi connectivity index (χ1n) is 5.85. The fourth-order valence-corrected chi connectivity index (χ4v) is 2.78. The summed E-state index contributed by atoms with van der Waals surface area (Å²) in [4.78, 5) is 2.52. The maximum absolute atomic E-state index is 9.74. The zero-order valence-electron chi connectivity index (χ0n) is 8.95. The van der Waals surface area contributed by atoms with Gasteiger partial charge in [0.1, 0.15) is 5.75 Å². The van der Waals surface area contributed by atoms with E-state index in [0.717, 1.165) is 18.8 Å². The van der Waals surface area contributed by atoms with Crippen LogP contribution < -0.4 is 0 Å². The molecule has 0 radical (unpaired) electrons. The second-order valence-electron chi connectivity index (χ2n) is 4.84. The Kier molecular flexibility index (Phi) is 2.17. The monoisotopic (exact) mass is 203 g/mol. The summed E-state index contributed by atoms with van der Waals surface area (Å²) < 4.78 is 0. The van der Waals surface area contributed by atoms with Crippen molar-refractivity contribution in [1.29, 1.82) is 0 Å². The van der Waals surface area contributed by atoms with E-state index >= 15 is 0 Å². The van der Waals surface area contributed by atoms with E-state index in [0.29, 0.717) is 5.75 Å². The Bertz CT molecular complexity index is 371. The molecule has 1 aliphatic carbocycles. The molecule has 1 aliphatic heterocycles. The maximum atomic E-state index is 9.74. The Labute approximate surface area is 90.5 Å². The first-order valence-corrected chi connectivity index (χ1v) is 5.85. The second kappa shape index (κ2) is 3.53. The minimum atomic E-state index is 0.499. The number of fused-ring (bicyclic) bond motifs is 1. The van der Waals surface area contributed by atoms with Crippen molar-refractivity contribution < 1.29 is 5.11 Å². The normalized spacial score (nSPS) is 24.9. The fraction of sp³-hybridized carbons (Fsp3) is 0.538. The maximum Gasteiger partial charge on any atom is 0.119 e. The highest BCUT2D eigenvalue weighted by Gasteiger charge is 2.26. The van der Waals surface area contributed by atoms with Crippen molar-refractivity contribution in [2.75, 3.05) is 19.6 Å². The molecule has 1 saturated heterocycles. The van der Waals surface area contributed by atoms with E-state index in [2.05, 4.69) is 11.0 Å². The van der Waals surface area contributed by atoms with Gasteiger partial charge in [0.05, 0.1) is 0 Å². The van der Waals surface area contributed by atoms with E-state index in [1.807, 2.05) is 12.1 Å². The van der Waals surface area contributed by atoms with Gasteiger partial charge in [-0.05, 0) is 55.5 Å². The summed E-state index contributed by atoms with van der Waals surface area (Å²) in [7, 11) is 0. The molecule has 0 aromatic heterocycles. The van der Waals surface area contributed by atoms with Gasteiger partial charge >= 0.3 is 0 Å². The lowest BCUT2D eigenvalue weighted by molar-refractivity contribution is 0.154. The molecule has 80 valence electrons. The van der Waals surface area contributed by atoms with Crippen LogP contribution >= 0.6 is 0 Å². The quantitative estimate of drug-likeness (QED) is 0.792. The number of rotatable bonds is 2. The topological polar surface area (TPSA) is 23.5 Å². The van der Waals surface area contributed by atoms with Gasteiger partial charge in [0.2, 0.25) is 0 Å². The number of aromatic hydroxyl groups is 1. The van der Waals surface area contributed by atoms with Crippen molar-refractivity contribution in [2.24, 2.45) is 5.92 Å². The number of phenols is 1. The Morgan fingerprint density at radius 1 is 1.27 bits per heavy atom. The molecule has 2 heteroatoms. The highest BCUT2D eigenvalue weighted by atomic mass is 16.3. The van der Waals surface area contributed by atoms with Gasteiger partial charge in [-0.25, -0.2) is 0 Å². The summed E-state index contributed by atoms with van der Waals surface area (Å²) in [6, 6.07) is 5.93. The molecule has 2 nitrogen and oxygen atoms in total. The summed E-state index contributed by atoms with van der Waals surface area (Å²) >= 11 is 0. The van der Waals surface area contributed by atoms with Gasteiger partial charge in [-0.3, -0.25) is 0 Å². The number of likely N-dealkylation sites (tertiary alicyclic amines) is 1. The zero-order chi connectivity index (χ0) is 10.3. The minimum absolute atomic E-state index is 0.499. The number of hydrogen-bond donors (Lipinski definition) is 1. The minimum Gasteiger partial charge on any atom is -0.508 e. The van der Waals surface area contributed by atoms with E-state index in [9.17, 15) is 5.11 Å². The molecule has 0 bridgehead atoms. The van der Waals surface area contributed by atoms with Gasteiger partial charge in [-0.15, -0.1) is 0 Å². The third-order valence-corrected chi connectivity index (χ3v) is 3.71. The van der Waals surface area contributed by atoms with E-state index in [4.69, 9.17) is 0 Å². The summed E-state index contributed by atoms with van der Waals surface area (Å²) in [6.45, 7) is 3.77. The fourth-order valence-electron chi connectivity index (χ4n) is 2.78. The van der Waals surface area contributed by atoms with Crippen molar-refractivity contribution >= 4 is 0 Å². The van der Waals surface area contributed by atoms with Crippen LogP contribution in [0.1, 0.15) is 17.5 Å². The predicted molar refractivity (Wildman–Crippen MR) is 60.1 cm³/mol. The second-order valence-corrected chi connectivity index (χ2v) is 4.84. The smallest absolute Gasteiger partial charge is 0.119 e. The van der Waals surface area contributed by atoms with Crippen molar-refractivity contribution in [3.8, 4) is 5.75 Å². The van der Waals surface area contributed by atoms with Gasteiger partial charge in [-0.1, -0.05) is 12.1 Å². The highest BCUT2D eigenvalue weighted by Crippen LogP contribution is 2.33. The van der Waals surface area contributed by atoms with Crippen LogP contribution in [-0.4, -0.2) is 29.6 Å². The largest absolute Gasteiger partial charge is 0.508 e. The summed E-state index contributed by atoms with van der Waals surface area (Å²) in [5, 5.41) is 9.74. The first-order chi connectivity index (χ1) is 7.33. The molecule has 1 aromatic rings. The SMILES string of the molecule is Oc1cccc2c1CC(CN1CCC1)C2. The number of nitrogens with zero attached hydrogens (tertiary/aromatic N) is 1. The van der Waals surface area contributed by atoms with Crippen molar-refractivity contribution in [3.05, 3.63) is 29.3 Å². The molecule has 0 amide bonds. The third kappa shape index (κ3) is 1.63. The summed E-state index contributed by atoms with van der Waals surface area (Å²) in [6.07, 6.45) is 3.59. The van der Waals surface area contributed by atoms with Gasteiger partial charge in [0.15, 0.2) is 0 Å². The standard InChI is InChI=1S/C13H17NO/c15-13-4-1-3-11-7-10(8-12(11)13)9-14-5-2-6-14/h1,3-4,10,15H,2,5-9H2. The average molecular weight is 203 g/mol. The van der Waals surface area contributed by atoms with Crippen LogP contribution in [0, 0.1) is 5.92 Å². The predicted octanol–water partition coefficient (Wildman–Crippen LogP) is 1.81. The molecule has 1 heterocycles. The molecule has 0 saturated carbocycles. The highest BCUT2D eigenvalue weighted by molar-refractivity contribution is 5.42. The van der Waals surface area contributed by atoms with Gasteiger partial charge in [0, 0.05) is 6.54 Å². The molecule has 2 aliphatic rings. The molecule has 1 unspecified atom stereocenters. The van der Waals surface area contributed by atoms with Crippen LogP contribution in [0.5, 0.6) is 5.75 Å². The Hall–Kier alpha value is -1.02. The Morgan fingerprint density at radius 3 is 2.80 bits per heavy atom. The lowest BCUT2D eigenvalue weighted by Crippen LogP contribution is -2.40. The molecular weight excluding hydrogens is 186 g/mol. The van der Waals surface area contributed by atoms with Crippen LogP contribution in [0.2, 0.25) is 0 Å². The zero-order valence-corrected chi connectivity index (χ0v) is 8.95. The lowest BCUT2D eigenvalue weighted by atomic mass is 10.0.